The first kappa shape index (κ1) is 20.0. The largest absolute Gasteiger partial charge is 0.345 e. The monoisotopic (exact) mass is 392 g/mol. The number of hydrogen-bond acceptors (Lipinski definition) is 1. The number of hydrogen-bond donors (Lipinski definition) is 0. The number of benzene rings is 2. The molecule has 144 valence electrons. The van der Waals surface area contributed by atoms with E-state index in [1.807, 2.05) is 59.6 Å². The Balaban J connectivity index is 1.67. The van der Waals surface area contributed by atoms with Crippen LogP contribution in [0.15, 0.2) is 85.6 Å². The molecule has 0 radical (unpaired) electrons. The molecule has 0 aliphatic carbocycles. The van der Waals surface area contributed by atoms with E-state index in [2.05, 4.69) is 29.3 Å². The molecule has 0 atom stereocenters. The predicted octanol–water partition coefficient (Wildman–Crippen LogP) is 5.34. The highest BCUT2D eigenvalue weighted by Crippen LogP contribution is 2.18. The van der Waals surface area contributed by atoms with Crippen molar-refractivity contribution in [3.05, 3.63) is 107 Å². The zero-order chi connectivity index (χ0) is 19.8. The summed E-state index contributed by atoms with van der Waals surface area (Å²) in [6, 6.07) is 22.0. The molecule has 1 aromatic heterocycles. The van der Waals surface area contributed by atoms with E-state index < -0.39 is 0 Å². The summed E-state index contributed by atoms with van der Waals surface area (Å²) in [4.78, 5) is 14.7. The number of rotatable bonds is 9. The van der Waals surface area contributed by atoms with Crippen molar-refractivity contribution in [2.24, 2.45) is 0 Å². The minimum absolute atomic E-state index is 0.134. The third-order valence-electron chi connectivity index (χ3n) is 4.75. The van der Waals surface area contributed by atoms with Crippen LogP contribution < -0.4 is 0 Å². The first-order valence-electron chi connectivity index (χ1n) is 9.47. The van der Waals surface area contributed by atoms with Crippen LogP contribution in [0.4, 0.5) is 0 Å². The third-order valence-corrected chi connectivity index (χ3v) is 5.12. The highest BCUT2D eigenvalue weighted by Gasteiger charge is 2.15. The second-order valence-corrected chi connectivity index (χ2v) is 7.17. The van der Waals surface area contributed by atoms with Gasteiger partial charge in [0.1, 0.15) is 0 Å². The maximum atomic E-state index is 12.8. The van der Waals surface area contributed by atoms with Crippen molar-refractivity contribution >= 4 is 17.5 Å². The van der Waals surface area contributed by atoms with E-state index in [1.165, 1.54) is 5.56 Å². The van der Waals surface area contributed by atoms with Gasteiger partial charge in [0.2, 0.25) is 5.91 Å². The van der Waals surface area contributed by atoms with E-state index in [4.69, 9.17) is 11.6 Å². The molecule has 0 saturated heterocycles. The van der Waals surface area contributed by atoms with Gasteiger partial charge in [-0.1, -0.05) is 66.2 Å². The van der Waals surface area contributed by atoms with Crippen LogP contribution in [0.3, 0.4) is 0 Å². The second-order valence-electron chi connectivity index (χ2n) is 6.77. The Bertz CT molecular complexity index is 917. The molecule has 0 aliphatic rings. The Kier molecular flexibility index (Phi) is 7.10. The average molecular weight is 393 g/mol. The quantitative estimate of drug-likeness (QED) is 0.451. The van der Waals surface area contributed by atoms with E-state index in [0.29, 0.717) is 26.1 Å². The van der Waals surface area contributed by atoms with Gasteiger partial charge in [-0.25, -0.2) is 0 Å². The number of aromatic nitrogens is 1. The molecule has 28 heavy (non-hydrogen) atoms. The van der Waals surface area contributed by atoms with Gasteiger partial charge in [0.05, 0.1) is 6.54 Å². The van der Waals surface area contributed by atoms with E-state index in [-0.39, 0.29) is 5.91 Å². The van der Waals surface area contributed by atoms with E-state index in [9.17, 15) is 4.79 Å². The standard InChI is InChI=1S/C24H25ClN2O/c1-2-16-27(24(28)15-14-20-9-4-3-5-10-20)19-22-12-8-17-26(22)18-21-11-6-7-13-23(21)25/h2-13,17H,1,14-16,18-19H2. The van der Waals surface area contributed by atoms with Gasteiger partial charge in [0, 0.05) is 36.4 Å². The fraction of sp³-hybridized carbons (Fsp3) is 0.208. The number of aryl methyl sites for hydroxylation is 1. The number of amides is 1. The molecule has 3 rings (SSSR count). The number of halogens is 1. The van der Waals surface area contributed by atoms with Crippen LogP contribution in [0.25, 0.3) is 0 Å². The Hall–Kier alpha value is -2.78. The molecular weight excluding hydrogens is 368 g/mol. The van der Waals surface area contributed by atoms with Crippen molar-refractivity contribution in [3.63, 3.8) is 0 Å². The Labute approximate surface area is 171 Å². The Morgan fingerprint density at radius 2 is 1.79 bits per heavy atom. The van der Waals surface area contributed by atoms with Gasteiger partial charge >= 0.3 is 0 Å². The summed E-state index contributed by atoms with van der Waals surface area (Å²) in [5, 5.41) is 0.754. The highest BCUT2D eigenvalue weighted by atomic mass is 35.5. The average Bonchev–Trinajstić information content (AvgIpc) is 3.15. The first-order valence-corrected chi connectivity index (χ1v) is 9.85. The summed E-state index contributed by atoms with van der Waals surface area (Å²) >= 11 is 6.31. The van der Waals surface area contributed by atoms with Crippen LogP contribution in [0, 0.1) is 0 Å². The van der Waals surface area contributed by atoms with E-state index in [0.717, 1.165) is 22.7 Å². The molecule has 0 unspecified atom stereocenters. The van der Waals surface area contributed by atoms with Crippen molar-refractivity contribution in [2.45, 2.75) is 25.9 Å². The van der Waals surface area contributed by atoms with Gasteiger partial charge in [0.15, 0.2) is 0 Å². The third kappa shape index (κ3) is 5.37. The number of carbonyl (C=O) groups excluding carboxylic acids is 1. The van der Waals surface area contributed by atoms with Crippen LogP contribution in [-0.4, -0.2) is 21.9 Å². The SMILES string of the molecule is C=CCN(Cc1cccn1Cc1ccccc1Cl)C(=O)CCc1ccccc1. The molecule has 0 saturated carbocycles. The molecule has 3 aromatic rings. The van der Waals surface area contributed by atoms with Crippen LogP contribution in [0.2, 0.25) is 5.02 Å². The van der Waals surface area contributed by atoms with Crippen LogP contribution in [-0.2, 0) is 24.3 Å². The zero-order valence-corrected chi connectivity index (χ0v) is 16.7. The molecule has 3 nitrogen and oxygen atoms in total. The summed E-state index contributed by atoms with van der Waals surface area (Å²) in [6.45, 7) is 5.58. The van der Waals surface area contributed by atoms with Crippen LogP contribution in [0.1, 0.15) is 23.2 Å². The highest BCUT2D eigenvalue weighted by molar-refractivity contribution is 6.31. The van der Waals surface area contributed by atoms with Gasteiger partial charge in [0.25, 0.3) is 0 Å². The molecule has 2 aromatic carbocycles. The molecular formula is C24H25ClN2O. The zero-order valence-electron chi connectivity index (χ0n) is 15.9. The smallest absolute Gasteiger partial charge is 0.223 e. The van der Waals surface area contributed by atoms with Crippen molar-refractivity contribution in [3.8, 4) is 0 Å². The van der Waals surface area contributed by atoms with Gasteiger partial charge in [-0.2, -0.15) is 0 Å². The van der Waals surface area contributed by atoms with Crippen LogP contribution in [0.5, 0.6) is 0 Å². The lowest BCUT2D eigenvalue weighted by atomic mass is 10.1. The topological polar surface area (TPSA) is 25.2 Å². The minimum atomic E-state index is 0.134. The molecule has 0 spiro atoms. The molecule has 0 aliphatic heterocycles. The van der Waals surface area contributed by atoms with Crippen molar-refractivity contribution in [2.75, 3.05) is 6.54 Å². The summed E-state index contributed by atoms with van der Waals surface area (Å²) in [6.07, 6.45) is 5.04. The lowest BCUT2D eigenvalue weighted by molar-refractivity contribution is -0.131. The van der Waals surface area contributed by atoms with Gasteiger partial charge in [-0.05, 0) is 35.7 Å². The predicted molar refractivity (Wildman–Crippen MR) is 115 cm³/mol. The Morgan fingerprint density at radius 3 is 2.54 bits per heavy atom. The van der Waals surface area contributed by atoms with E-state index >= 15 is 0 Å². The maximum Gasteiger partial charge on any atom is 0.223 e. The summed E-state index contributed by atoms with van der Waals surface area (Å²) < 4.78 is 2.14. The number of carbonyl (C=O) groups is 1. The van der Waals surface area contributed by atoms with Crippen LogP contribution >= 0.6 is 11.6 Å². The first-order chi connectivity index (χ1) is 13.7. The number of nitrogens with zero attached hydrogens (tertiary/aromatic N) is 2. The summed E-state index contributed by atoms with van der Waals surface area (Å²) in [5.74, 6) is 0.134. The maximum absolute atomic E-state index is 12.8. The van der Waals surface area contributed by atoms with Crippen molar-refractivity contribution in [1.29, 1.82) is 0 Å². The second kappa shape index (κ2) is 9.95. The molecule has 1 amide bonds. The van der Waals surface area contributed by atoms with Gasteiger partial charge < -0.3 is 9.47 Å². The van der Waals surface area contributed by atoms with Gasteiger partial charge in [-0.3, -0.25) is 4.79 Å². The lowest BCUT2D eigenvalue weighted by Crippen LogP contribution is -2.31. The summed E-state index contributed by atoms with van der Waals surface area (Å²) in [5.41, 5.74) is 3.32. The molecule has 1 heterocycles. The Morgan fingerprint density at radius 1 is 1.04 bits per heavy atom. The van der Waals surface area contributed by atoms with Gasteiger partial charge in [-0.15, -0.1) is 6.58 Å². The fourth-order valence-corrected chi connectivity index (χ4v) is 3.41. The normalized spacial score (nSPS) is 10.6. The molecule has 0 bridgehead atoms. The minimum Gasteiger partial charge on any atom is -0.345 e. The molecule has 4 heteroatoms. The van der Waals surface area contributed by atoms with E-state index in [1.54, 1.807) is 6.08 Å². The fourth-order valence-electron chi connectivity index (χ4n) is 3.22. The molecule has 0 N–H and O–H groups in total. The van der Waals surface area contributed by atoms with Crippen molar-refractivity contribution in [1.82, 2.24) is 9.47 Å². The molecule has 0 fully saturated rings. The van der Waals surface area contributed by atoms with Crippen molar-refractivity contribution < 1.29 is 4.79 Å². The summed E-state index contributed by atoms with van der Waals surface area (Å²) in [7, 11) is 0. The lowest BCUT2D eigenvalue weighted by Gasteiger charge is -2.22.